The Morgan fingerprint density at radius 1 is 1.35 bits per heavy atom. The van der Waals surface area contributed by atoms with Crippen molar-refractivity contribution in [3.63, 3.8) is 0 Å². The second-order valence-electron chi connectivity index (χ2n) is 6.81. The van der Waals surface area contributed by atoms with Gasteiger partial charge in [0.25, 0.3) is 0 Å². The van der Waals surface area contributed by atoms with E-state index in [9.17, 15) is 4.79 Å². The molecule has 5 heteroatoms. The minimum absolute atomic E-state index is 0.193. The Kier molecular flexibility index (Phi) is 5.27. The van der Waals surface area contributed by atoms with E-state index >= 15 is 0 Å². The van der Waals surface area contributed by atoms with Crippen molar-refractivity contribution in [1.82, 2.24) is 10.2 Å². The normalized spacial score (nSPS) is 27.6. The molecular weight excluding hydrogens is 256 g/mol. The molecule has 2 rings (SSSR count). The maximum absolute atomic E-state index is 12.1. The Balaban J connectivity index is 1.74. The smallest absolute Gasteiger partial charge is 0.410 e. The molecule has 0 aromatic rings. The predicted molar refractivity (Wildman–Crippen MR) is 77.8 cm³/mol. The van der Waals surface area contributed by atoms with Gasteiger partial charge in [-0.3, -0.25) is 0 Å². The summed E-state index contributed by atoms with van der Waals surface area (Å²) in [6.45, 7) is 9.04. The van der Waals surface area contributed by atoms with Gasteiger partial charge >= 0.3 is 6.09 Å². The van der Waals surface area contributed by atoms with Crippen LogP contribution >= 0.6 is 0 Å². The van der Waals surface area contributed by atoms with Gasteiger partial charge in [0.2, 0.25) is 0 Å². The quantitative estimate of drug-likeness (QED) is 0.863. The highest BCUT2D eigenvalue weighted by Crippen LogP contribution is 2.16. The lowest BCUT2D eigenvalue weighted by atomic mass is 10.1. The zero-order chi connectivity index (χ0) is 14.6. The molecule has 2 heterocycles. The van der Waals surface area contributed by atoms with Crippen molar-refractivity contribution >= 4 is 6.09 Å². The molecule has 2 atom stereocenters. The van der Waals surface area contributed by atoms with E-state index in [1.165, 1.54) is 6.42 Å². The summed E-state index contributed by atoms with van der Waals surface area (Å²) in [5.41, 5.74) is -0.421. The van der Waals surface area contributed by atoms with Gasteiger partial charge in [0.05, 0.1) is 6.10 Å². The maximum Gasteiger partial charge on any atom is 0.410 e. The fourth-order valence-electron chi connectivity index (χ4n) is 2.74. The van der Waals surface area contributed by atoms with Crippen molar-refractivity contribution in [2.45, 2.75) is 64.2 Å². The molecule has 0 aliphatic carbocycles. The molecule has 5 nitrogen and oxygen atoms in total. The topological polar surface area (TPSA) is 50.8 Å². The van der Waals surface area contributed by atoms with Gasteiger partial charge in [0.15, 0.2) is 0 Å². The summed E-state index contributed by atoms with van der Waals surface area (Å²) in [7, 11) is 0. The predicted octanol–water partition coefficient (Wildman–Crippen LogP) is 2.15. The van der Waals surface area contributed by atoms with E-state index in [1.807, 2.05) is 25.7 Å². The first-order valence-electron chi connectivity index (χ1n) is 7.77. The zero-order valence-electron chi connectivity index (χ0n) is 13.0. The van der Waals surface area contributed by atoms with Crippen LogP contribution in [0.4, 0.5) is 4.79 Å². The van der Waals surface area contributed by atoms with Crippen LogP contribution in [0, 0.1) is 0 Å². The number of nitrogens with zero attached hydrogens (tertiary/aromatic N) is 1. The number of amides is 1. The zero-order valence-corrected chi connectivity index (χ0v) is 13.0. The monoisotopic (exact) mass is 284 g/mol. The molecule has 2 aliphatic rings. The number of rotatable bonds is 3. The lowest BCUT2D eigenvalue weighted by Gasteiger charge is -2.34. The van der Waals surface area contributed by atoms with E-state index < -0.39 is 5.60 Å². The summed E-state index contributed by atoms with van der Waals surface area (Å²) in [5.74, 6) is 0. The highest BCUT2D eigenvalue weighted by atomic mass is 16.6. The number of hydrogen-bond donors (Lipinski definition) is 1. The third-order valence-corrected chi connectivity index (χ3v) is 3.73. The van der Waals surface area contributed by atoms with E-state index in [2.05, 4.69) is 5.32 Å². The number of ether oxygens (including phenoxy) is 2. The average Bonchev–Trinajstić information content (AvgIpc) is 2.88. The Labute approximate surface area is 122 Å². The minimum atomic E-state index is -0.421. The molecule has 2 unspecified atom stereocenters. The van der Waals surface area contributed by atoms with Crippen LogP contribution in [0.25, 0.3) is 0 Å². The van der Waals surface area contributed by atoms with Gasteiger partial charge in [-0.25, -0.2) is 4.79 Å². The molecular formula is C15H28N2O3. The van der Waals surface area contributed by atoms with Gasteiger partial charge in [-0.15, -0.1) is 0 Å². The number of piperidine rings is 1. The van der Waals surface area contributed by atoms with Gasteiger partial charge in [0.1, 0.15) is 5.60 Å². The van der Waals surface area contributed by atoms with Gasteiger partial charge in [-0.2, -0.15) is 0 Å². The van der Waals surface area contributed by atoms with Crippen molar-refractivity contribution in [2.24, 2.45) is 0 Å². The molecule has 0 aromatic heterocycles. The van der Waals surface area contributed by atoms with Crippen LogP contribution in [0.1, 0.15) is 46.5 Å². The molecule has 0 bridgehead atoms. The highest BCUT2D eigenvalue weighted by Gasteiger charge is 2.28. The molecule has 0 saturated carbocycles. The fourth-order valence-corrected chi connectivity index (χ4v) is 2.74. The summed E-state index contributed by atoms with van der Waals surface area (Å²) >= 11 is 0. The number of likely N-dealkylation sites (tertiary alicyclic amines) is 1. The van der Waals surface area contributed by atoms with Gasteiger partial charge < -0.3 is 19.7 Å². The summed E-state index contributed by atoms with van der Waals surface area (Å²) in [6.07, 6.45) is 4.62. The third kappa shape index (κ3) is 4.94. The number of nitrogens with one attached hydrogen (secondary N) is 1. The molecule has 116 valence electrons. The molecule has 0 spiro atoms. The Morgan fingerprint density at radius 2 is 2.15 bits per heavy atom. The van der Waals surface area contributed by atoms with Crippen LogP contribution in [-0.4, -0.2) is 55.0 Å². The molecule has 0 aromatic carbocycles. The number of carbonyl (C=O) groups excluding carboxylic acids is 1. The molecule has 0 radical (unpaired) electrons. The fraction of sp³-hybridized carbons (Fsp3) is 0.933. The van der Waals surface area contributed by atoms with Crippen molar-refractivity contribution in [1.29, 1.82) is 0 Å². The molecule has 2 saturated heterocycles. The number of carbonyl (C=O) groups is 1. The van der Waals surface area contributed by atoms with Gasteiger partial charge in [-0.05, 0) is 46.5 Å². The molecule has 2 aliphatic heterocycles. The van der Waals surface area contributed by atoms with Crippen LogP contribution in [0.5, 0.6) is 0 Å². The molecule has 2 fully saturated rings. The first-order valence-corrected chi connectivity index (χ1v) is 7.77. The molecule has 20 heavy (non-hydrogen) atoms. The largest absolute Gasteiger partial charge is 0.444 e. The van der Waals surface area contributed by atoms with E-state index in [4.69, 9.17) is 9.47 Å². The summed E-state index contributed by atoms with van der Waals surface area (Å²) in [6, 6.07) is 0.362. The Hall–Kier alpha value is -0.810. The molecule has 1 N–H and O–H groups in total. The van der Waals surface area contributed by atoms with Crippen molar-refractivity contribution in [2.75, 3.05) is 26.2 Å². The SMILES string of the molecule is CC(C)(C)OC(=O)N1CCCC(NCC2CCCO2)C1. The standard InChI is InChI=1S/C15H28N2O3/c1-15(2,3)20-14(18)17-8-4-6-12(11-17)16-10-13-7-5-9-19-13/h12-13,16H,4-11H2,1-3H3. The highest BCUT2D eigenvalue weighted by molar-refractivity contribution is 5.68. The van der Waals surface area contributed by atoms with Crippen LogP contribution in [0.2, 0.25) is 0 Å². The molecule has 1 amide bonds. The summed E-state index contributed by atoms with van der Waals surface area (Å²) in [5, 5.41) is 3.54. The first-order chi connectivity index (χ1) is 9.44. The van der Waals surface area contributed by atoms with Gasteiger partial charge in [-0.1, -0.05) is 0 Å². The third-order valence-electron chi connectivity index (χ3n) is 3.73. The summed E-state index contributed by atoms with van der Waals surface area (Å²) < 4.78 is 11.1. The van der Waals surface area contributed by atoms with Crippen LogP contribution in [0.15, 0.2) is 0 Å². The van der Waals surface area contributed by atoms with Crippen LogP contribution in [0.3, 0.4) is 0 Å². The average molecular weight is 284 g/mol. The van der Waals surface area contributed by atoms with E-state index in [1.54, 1.807) is 0 Å². The van der Waals surface area contributed by atoms with Crippen LogP contribution in [-0.2, 0) is 9.47 Å². The van der Waals surface area contributed by atoms with E-state index in [0.29, 0.717) is 12.1 Å². The van der Waals surface area contributed by atoms with Crippen molar-refractivity contribution < 1.29 is 14.3 Å². The second-order valence-corrected chi connectivity index (χ2v) is 6.81. The van der Waals surface area contributed by atoms with Crippen molar-refractivity contribution in [3.8, 4) is 0 Å². The number of hydrogen-bond acceptors (Lipinski definition) is 4. The van der Waals surface area contributed by atoms with E-state index in [-0.39, 0.29) is 6.09 Å². The Bertz CT molecular complexity index is 322. The Morgan fingerprint density at radius 3 is 2.80 bits per heavy atom. The maximum atomic E-state index is 12.1. The lowest BCUT2D eigenvalue weighted by molar-refractivity contribution is 0.0181. The first kappa shape index (κ1) is 15.6. The lowest BCUT2D eigenvalue weighted by Crippen LogP contribution is -2.50. The summed E-state index contributed by atoms with van der Waals surface area (Å²) in [4.78, 5) is 13.9. The van der Waals surface area contributed by atoms with Crippen molar-refractivity contribution in [3.05, 3.63) is 0 Å². The van der Waals surface area contributed by atoms with E-state index in [0.717, 1.165) is 45.5 Å². The minimum Gasteiger partial charge on any atom is -0.444 e. The van der Waals surface area contributed by atoms with Gasteiger partial charge in [0, 0.05) is 32.3 Å². The second kappa shape index (κ2) is 6.76. The van der Waals surface area contributed by atoms with Crippen LogP contribution < -0.4 is 5.32 Å².